The minimum absolute atomic E-state index is 0.0599. The summed E-state index contributed by atoms with van der Waals surface area (Å²) in [5.41, 5.74) is 3.01. The molecule has 3 aromatic rings. The lowest BCUT2D eigenvalue weighted by Crippen LogP contribution is -2.18. The summed E-state index contributed by atoms with van der Waals surface area (Å²) in [5, 5.41) is 5.74. The van der Waals surface area contributed by atoms with E-state index in [2.05, 4.69) is 18.9 Å². The number of ether oxygens (including phenoxy) is 1. The highest BCUT2D eigenvalue weighted by atomic mass is 35.5. The molecular formula is C18H20Cl2N2O2. The van der Waals surface area contributed by atoms with Crippen molar-refractivity contribution < 1.29 is 9.15 Å². The molecule has 0 aliphatic carbocycles. The Morgan fingerprint density at radius 3 is 2.50 bits per heavy atom. The molecule has 2 heterocycles. The molecule has 1 aromatic carbocycles. The van der Waals surface area contributed by atoms with Crippen LogP contribution >= 0.6 is 23.2 Å². The van der Waals surface area contributed by atoms with Gasteiger partial charge in [-0.1, -0.05) is 37.0 Å². The van der Waals surface area contributed by atoms with Gasteiger partial charge in [-0.15, -0.1) is 0 Å². The predicted molar refractivity (Wildman–Crippen MR) is 97.3 cm³/mol. The lowest BCUT2D eigenvalue weighted by atomic mass is 10.1. The summed E-state index contributed by atoms with van der Waals surface area (Å²) in [7, 11) is 0. The molecule has 0 amide bonds. The second-order valence-corrected chi connectivity index (χ2v) is 7.17. The SMILES string of the molecule is Cc1nn2c(-c3ccc(Cl)cc3Cl)c(C)oc2c1OC(C)C(C)C. The monoisotopic (exact) mass is 366 g/mol. The normalized spacial score (nSPS) is 13.0. The van der Waals surface area contributed by atoms with E-state index in [0.717, 1.165) is 22.7 Å². The molecule has 0 bridgehead atoms. The van der Waals surface area contributed by atoms with Gasteiger partial charge in [0.25, 0.3) is 5.71 Å². The molecule has 128 valence electrons. The highest BCUT2D eigenvalue weighted by molar-refractivity contribution is 6.36. The van der Waals surface area contributed by atoms with Crippen molar-refractivity contribution in [1.82, 2.24) is 9.61 Å². The lowest BCUT2D eigenvalue weighted by molar-refractivity contribution is 0.169. The summed E-state index contributed by atoms with van der Waals surface area (Å²) >= 11 is 12.4. The van der Waals surface area contributed by atoms with Crippen molar-refractivity contribution in [1.29, 1.82) is 0 Å². The third-order valence-corrected chi connectivity index (χ3v) is 4.74. The standard InChI is InChI=1S/C18H20Cl2N2O2/c1-9(2)11(4)23-17-10(3)21-22-16(12(5)24-18(17)22)14-7-6-13(19)8-15(14)20/h6-9,11H,1-5H3. The second kappa shape index (κ2) is 6.34. The van der Waals surface area contributed by atoms with E-state index in [-0.39, 0.29) is 6.10 Å². The van der Waals surface area contributed by atoms with Crippen LogP contribution in [-0.2, 0) is 0 Å². The number of benzene rings is 1. The Morgan fingerprint density at radius 1 is 1.17 bits per heavy atom. The molecule has 1 unspecified atom stereocenters. The smallest absolute Gasteiger partial charge is 0.266 e. The van der Waals surface area contributed by atoms with Crippen molar-refractivity contribution in [3.8, 4) is 17.0 Å². The van der Waals surface area contributed by atoms with Gasteiger partial charge in [-0.2, -0.15) is 9.61 Å². The maximum Gasteiger partial charge on any atom is 0.266 e. The summed E-state index contributed by atoms with van der Waals surface area (Å²) < 4.78 is 13.8. The fraction of sp³-hybridized carbons (Fsp3) is 0.389. The van der Waals surface area contributed by atoms with Gasteiger partial charge in [0.1, 0.15) is 17.1 Å². The molecule has 0 saturated carbocycles. The molecule has 0 radical (unpaired) electrons. The van der Waals surface area contributed by atoms with Crippen LogP contribution in [0.3, 0.4) is 0 Å². The number of hydrogen-bond donors (Lipinski definition) is 0. The van der Waals surface area contributed by atoms with Crippen LogP contribution in [0.2, 0.25) is 10.0 Å². The highest BCUT2D eigenvalue weighted by Crippen LogP contribution is 2.37. The van der Waals surface area contributed by atoms with E-state index in [9.17, 15) is 0 Å². The fourth-order valence-corrected chi connectivity index (χ4v) is 3.02. The first-order chi connectivity index (χ1) is 11.3. The number of fused-ring (bicyclic) bond motifs is 1. The van der Waals surface area contributed by atoms with E-state index in [1.807, 2.05) is 26.8 Å². The van der Waals surface area contributed by atoms with Crippen molar-refractivity contribution in [3.05, 3.63) is 39.7 Å². The third kappa shape index (κ3) is 2.89. The molecular weight excluding hydrogens is 347 g/mol. The Labute approximate surface area is 151 Å². The van der Waals surface area contributed by atoms with Crippen molar-refractivity contribution in [2.75, 3.05) is 0 Å². The van der Waals surface area contributed by atoms with Crippen molar-refractivity contribution >= 4 is 28.9 Å². The van der Waals surface area contributed by atoms with E-state index >= 15 is 0 Å². The largest absolute Gasteiger partial charge is 0.483 e. The Bertz CT molecular complexity index is 896. The summed E-state index contributed by atoms with van der Waals surface area (Å²) in [4.78, 5) is 0. The van der Waals surface area contributed by atoms with Crippen LogP contribution < -0.4 is 4.74 Å². The average Bonchev–Trinajstić information content (AvgIpc) is 2.95. The van der Waals surface area contributed by atoms with E-state index in [0.29, 0.717) is 27.4 Å². The molecule has 0 saturated heterocycles. The molecule has 0 fully saturated rings. The van der Waals surface area contributed by atoms with Gasteiger partial charge in [0.15, 0.2) is 0 Å². The topological polar surface area (TPSA) is 39.7 Å². The van der Waals surface area contributed by atoms with Crippen LogP contribution in [0.1, 0.15) is 32.2 Å². The zero-order chi connectivity index (χ0) is 17.6. The van der Waals surface area contributed by atoms with Crippen LogP contribution in [0.4, 0.5) is 0 Å². The third-order valence-electron chi connectivity index (χ3n) is 4.19. The van der Waals surface area contributed by atoms with E-state index < -0.39 is 0 Å². The maximum atomic E-state index is 6.37. The van der Waals surface area contributed by atoms with Gasteiger partial charge < -0.3 is 9.15 Å². The van der Waals surface area contributed by atoms with Crippen molar-refractivity contribution in [3.63, 3.8) is 0 Å². The molecule has 0 aliphatic rings. The molecule has 0 spiro atoms. The maximum absolute atomic E-state index is 6.37. The van der Waals surface area contributed by atoms with Gasteiger partial charge >= 0.3 is 0 Å². The summed E-state index contributed by atoms with van der Waals surface area (Å²) in [6.45, 7) is 10.1. The van der Waals surface area contributed by atoms with Gasteiger partial charge in [-0.3, -0.25) is 0 Å². The predicted octanol–water partition coefficient (Wildman–Crippen LogP) is 5.94. The number of aromatic nitrogens is 2. The minimum atomic E-state index is 0.0599. The van der Waals surface area contributed by atoms with Crippen LogP contribution in [0.25, 0.3) is 17.0 Å². The van der Waals surface area contributed by atoms with Crippen LogP contribution in [-0.4, -0.2) is 15.7 Å². The summed E-state index contributed by atoms with van der Waals surface area (Å²) in [6.07, 6.45) is 0.0599. The Hall–Kier alpha value is -1.65. The lowest BCUT2D eigenvalue weighted by Gasteiger charge is -2.16. The quantitative estimate of drug-likeness (QED) is 0.573. The molecule has 6 heteroatoms. The highest BCUT2D eigenvalue weighted by Gasteiger charge is 2.24. The molecule has 0 N–H and O–H groups in total. The minimum Gasteiger partial charge on any atom is -0.483 e. The van der Waals surface area contributed by atoms with Gasteiger partial charge in [0.05, 0.1) is 11.1 Å². The Kier molecular flexibility index (Phi) is 4.54. The summed E-state index contributed by atoms with van der Waals surface area (Å²) in [5.74, 6) is 1.79. The number of nitrogens with zero attached hydrogens (tertiary/aromatic N) is 2. The number of hydrogen-bond acceptors (Lipinski definition) is 3. The molecule has 0 aliphatic heterocycles. The second-order valence-electron chi connectivity index (χ2n) is 6.33. The van der Waals surface area contributed by atoms with Crippen molar-refractivity contribution in [2.45, 2.75) is 40.7 Å². The van der Waals surface area contributed by atoms with E-state index in [1.54, 1.807) is 16.6 Å². The fourth-order valence-electron chi connectivity index (χ4n) is 2.52. The first kappa shape index (κ1) is 17.2. The Morgan fingerprint density at radius 2 is 1.88 bits per heavy atom. The first-order valence-electron chi connectivity index (χ1n) is 7.90. The summed E-state index contributed by atoms with van der Waals surface area (Å²) in [6, 6.07) is 5.39. The number of oxazole rings is 1. The first-order valence-corrected chi connectivity index (χ1v) is 8.66. The molecule has 3 rings (SSSR count). The Balaban J connectivity index is 2.16. The van der Waals surface area contributed by atoms with Gasteiger partial charge in [-0.25, -0.2) is 0 Å². The van der Waals surface area contributed by atoms with Crippen LogP contribution in [0.5, 0.6) is 5.75 Å². The van der Waals surface area contributed by atoms with Crippen molar-refractivity contribution in [2.24, 2.45) is 5.92 Å². The van der Waals surface area contributed by atoms with Gasteiger partial charge in [-0.05, 0) is 44.9 Å². The zero-order valence-electron chi connectivity index (χ0n) is 14.4. The molecule has 4 nitrogen and oxygen atoms in total. The zero-order valence-corrected chi connectivity index (χ0v) is 15.9. The van der Waals surface area contributed by atoms with Gasteiger partial charge in [0, 0.05) is 10.6 Å². The number of rotatable bonds is 4. The van der Waals surface area contributed by atoms with Crippen LogP contribution in [0, 0.1) is 19.8 Å². The van der Waals surface area contributed by atoms with Crippen LogP contribution in [0.15, 0.2) is 22.6 Å². The van der Waals surface area contributed by atoms with E-state index in [1.165, 1.54) is 0 Å². The van der Waals surface area contributed by atoms with E-state index in [4.69, 9.17) is 32.4 Å². The number of halogens is 2. The average molecular weight is 367 g/mol. The molecule has 1 atom stereocenters. The molecule has 24 heavy (non-hydrogen) atoms. The van der Waals surface area contributed by atoms with Gasteiger partial charge in [0.2, 0.25) is 5.75 Å². The molecule has 2 aromatic heterocycles. The number of aryl methyl sites for hydroxylation is 2.